The predicted molar refractivity (Wildman–Crippen MR) is 42.2 cm³/mol. The number of likely N-dealkylation sites (tertiary alicyclic amines) is 1. The highest BCUT2D eigenvalue weighted by molar-refractivity contribution is 5.81. The van der Waals surface area contributed by atoms with E-state index < -0.39 is 0 Å². The SMILES string of the molecule is CN1C[C@@H]2NCCC[C@@H]2C1=O. The summed E-state index contributed by atoms with van der Waals surface area (Å²) in [4.78, 5) is 13.3. The number of fused-ring (bicyclic) bond motifs is 1. The van der Waals surface area contributed by atoms with Crippen LogP contribution in [0.25, 0.3) is 0 Å². The Morgan fingerprint density at radius 2 is 2.45 bits per heavy atom. The van der Waals surface area contributed by atoms with Crippen molar-refractivity contribution in [1.82, 2.24) is 10.2 Å². The molecule has 0 saturated carbocycles. The molecular formula is C8H14N2O. The average molecular weight is 154 g/mol. The Kier molecular flexibility index (Phi) is 1.60. The lowest BCUT2D eigenvalue weighted by Gasteiger charge is -2.23. The summed E-state index contributed by atoms with van der Waals surface area (Å²) in [5.41, 5.74) is 0. The summed E-state index contributed by atoms with van der Waals surface area (Å²) >= 11 is 0. The highest BCUT2D eigenvalue weighted by atomic mass is 16.2. The Morgan fingerprint density at radius 3 is 3.18 bits per heavy atom. The van der Waals surface area contributed by atoms with E-state index in [1.807, 2.05) is 11.9 Å². The third-order valence-corrected chi connectivity index (χ3v) is 2.75. The normalized spacial score (nSPS) is 37.5. The standard InChI is InChI=1S/C8H14N2O/c1-10-5-7-6(8(10)11)3-2-4-9-7/h6-7,9H,2-5H2,1H3/t6-,7-/m0/s1. The molecule has 2 saturated heterocycles. The fraction of sp³-hybridized carbons (Fsp3) is 0.875. The van der Waals surface area contributed by atoms with Crippen LogP contribution in [0.15, 0.2) is 0 Å². The summed E-state index contributed by atoms with van der Waals surface area (Å²) in [5, 5.41) is 3.38. The minimum Gasteiger partial charge on any atom is -0.344 e. The predicted octanol–water partition coefficient (Wildman–Crippen LogP) is -0.173. The molecule has 0 aromatic rings. The molecule has 3 nitrogen and oxygen atoms in total. The lowest BCUT2D eigenvalue weighted by Crippen LogP contribution is -2.41. The van der Waals surface area contributed by atoms with Crippen molar-refractivity contribution < 1.29 is 4.79 Å². The maximum absolute atomic E-state index is 11.4. The van der Waals surface area contributed by atoms with Crippen LogP contribution in [0.4, 0.5) is 0 Å². The molecule has 0 aromatic heterocycles. The van der Waals surface area contributed by atoms with Gasteiger partial charge in [-0.25, -0.2) is 0 Å². The van der Waals surface area contributed by atoms with Gasteiger partial charge in [0.05, 0.1) is 5.92 Å². The first-order valence-corrected chi connectivity index (χ1v) is 4.27. The minimum atomic E-state index is 0.286. The van der Waals surface area contributed by atoms with Crippen LogP contribution in [0.5, 0.6) is 0 Å². The quantitative estimate of drug-likeness (QED) is 0.525. The summed E-state index contributed by atoms with van der Waals surface area (Å²) in [6.45, 7) is 1.99. The summed E-state index contributed by atoms with van der Waals surface area (Å²) in [6.07, 6.45) is 2.24. The van der Waals surface area contributed by atoms with Crippen LogP contribution in [0.1, 0.15) is 12.8 Å². The second kappa shape index (κ2) is 2.48. The average Bonchev–Trinajstić information content (AvgIpc) is 2.30. The molecule has 2 rings (SSSR count). The van der Waals surface area contributed by atoms with Crippen LogP contribution in [0.3, 0.4) is 0 Å². The zero-order chi connectivity index (χ0) is 7.84. The summed E-state index contributed by atoms with van der Waals surface area (Å²) in [5.74, 6) is 0.621. The zero-order valence-corrected chi connectivity index (χ0v) is 6.84. The van der Waals surface area contributed by atoms with Crippen molar-refractivity contribution in [2.24, 2.45) is 5.92 Å². The molecule has 0 radical (unpaired) electrons. The molecule has 2 atom stereocenters. The zero-order valence-electron chi connectivity index (χ0n) is 6.84. The summed E-state index contributed by atoms with van der Waals surface area (Å²) in [7, 11) is 1.89. The number of carbonyl (C=O) groups excluding carboxylic acids is 1. The molecule has 1 N–H and O–H groups in total. The number of amides is 1. The van der Waals surface area contributed by atoms with E-state index in [2.05, 4.69) is 5.32 Å². The molecule has 0 unspecified atom stereocenters. The van der Waals surface area contributed by atoms with Gasteiger partial charge >= 0.3 is 0 Å². The molecule has 0 spiro atoms. The van der Waals surface area contributed by atoms with E-state index in [1.165, 1.54) is 0 Å². The number of hydrogen-bond acceptors (Lipinski definition) is 2. The van der Waals surface area contributed by atoms with Crippen LogP contribution in [0, 0.1) is 5.92 Å². The lowest BCUT2D eigenvalue weighted by atomic mass is 9.94. The number of nitrogens with one attached hydrogen (secondary N) is 1. The lowest BCUT2D eigenvalue weighted by molar-refractivity contribution is -0.130. The van der Waals surface area contributed by atoms with E-state index in [4.69, 9.17) is 0 Å². The summed E-state index contributed by atoms with van der Waals surface area (Å²) < 4.78 is 0. The van der Waals surface area contributed by atoms with Crippen molar-refractivity contribution in [3.05, 3.63) is 0 Å². The second-order valence-electron chi connectivity index (χ2n) is 3.53. The molecule has 0 aliphatic carbocycles. The Hall–Kier alpha value is -0.570. The number of hydrogen-bond donors (Lipinski definition) is 1. The van der Waals surface area contributed by atoms with Gasteiger partial charge < -0.3 is 10.2 Å². The molecule has 2 heterocycles. The van der Waals surface area contributed by atoms with Gasteiger partial charge in [-0.2, -0.15) is 0 Å². The molecule has 2 fully saturated rings. The Bertz CT molecular complexity index is 181. The van der Waals surface area contributed by atoms with Gasteiger partial charge in [-0.3, -0.25) is 4.79 Å². The number of piperidine rings is 1. The van der Waals surface area contributed by atoms with E-state index >= 15 is 0 Å². The maximum atomic E-state index is 11.4. The van der Waals surface area contributed by atoms with Gasteiger partial charge in [-0.15, -0.1) is 0 Å². The molecule has 2 aliphatic heterocycles. The van der Waals surface area contributed by atoms with Crippen molar-refractivity contribution >= 4 is 5.91 Å². The molecule has 0 bridgehead atoms. The van der Waals surface area contributed by atoms with Crippen molar-refractivity contribution in [3.63, 3.8) is 0 Å². The van der Waals surface area contributed by atoms with Crippen LogP contribution >= 0.6 is 0 Å². The van der Waals surface area contributed by atoms with Crippen LogP contribution in [0.2, 0.25) is 0 Å². The molecule has 1 amide bonds. The van der Waals surface area contributed by atoms with Crippen LogP contribution in [-0.4, -0.2) is 37.0 Å². The van der Waals surface area contributed by atoms with E-state index in [9.17, 15) is 4.79 Å². The Labute approximate surface area is 66.8 Å². The van der Waals surface area contributed by atoms with Gasteiger partial charge in [0.1, 0.15) is 0 Å². The molecule has 11 heavy (non-hydrogen) atoms. The molecule has 0 aromatic carbocycles. The molecule has 2 aliphatic rings. The van der Waals surface area contributed by atoms with Gasteiger partial charge in [0.25, 0.3) is 0 Å². The first-order valence-electron chi connectivity index (χ1n) is 4.27. The second-order valence-corrected chi connectivity index (χ2v) is 3.53. The third-order valence-electron chi connectivity index (χ3n) is 2.75. The highest BCUT2D eigenvalue weighted by Crippen LogP contribution is 2.24. The number of carbonyl (C=O) groups is 1. The van der Waals surface area contributed by atoms with E-state index in [0.29, 0.717) is 11.9 Å². The number of nitrogens with zero attached hydrogens (tertiary/aromatic N) is 1. The van der Waals surface area contributed by atoms with Crippen molar-refractivity contribution in [2.45, 2.75) is 18.9 Å². The van der Waals surface area contributed by atoms with Gasteiger partial charge in [-0.1, -0.05) is 0 Å². The van der Waals surface area contributed by atoms with Crippen LogP contribution in [-0.2, 0) is 4.79 Å². The number of rotatable bonds is 0. The smallest absolute Gasteiger partial charge is 0.227 e. The van der Waals surface area contributed by atoms with Gasteiger partial charge in [0.15, 0.2) is 0 Å². The molecular weight excluding hydrogens is 140 g/mol. The molecule has 62 valence electrons. The van der Waals surface area contributed by atoms with Crippen molar-refractivity contribution in [2.75, 3.05) is 20.1 Å². The first kappa shape index (κ1) is 7.10. The minimum absolute atomic E-state index is 0.286. The van der Waals surface area contributed by atoms with E-state index in [1.54, 1.807) is 0 Å². The summed E-state index contributed by atoms with van der Waals surface area (Å²) in [6, 6.07) is 0.446. The Balaban J connectivity index is 2.11. The Morgan fingerprint density at radius 1 is 1.64 bits per heavy atom. The van der Waals surface area contributed by atoms with E-state index in [0.717, 1.165) is 25.9 Å². The van der Waals surface area contributed by atoms with Crippen LogP contribution < -0.4 is 5.32 Å². The van der Waals surface area contributed by atoms with Crippen molar-refractivity contribution in [3.8, 4) is 0 Å². The first-order chi connectivity index (χ1) is 5.29. The topological polar surface area (TPSA) is 32.3 Å². The largest absolute Gasteiger partial charge is 0.344 e. The van der Waals surface area contributed by atoms with E-state index in [-0.39, 0.29) is 5.92 Å². The third kappa shape index (κ3) is 1.03. The fourth-order valence-corrected chi connectivity index (χ4v) is 2.11. The monoisotopic (exact) mass is 154 g/mol. The van der Waals surface area contributed by atoms with Gasteiger partial charge in [-0.05, 0) is 19.4 Å². The highest BCUT2D eigenvalue weighted by Gasteiger charge is 2.39. The molecule has 3 heteroatoms. The van der Waals surface area contributed by atoms with Gasteiger partial charge in [0, 0.05) is 19.6 Å². The fourth-order valence-electron chi connectivity index (χ4n) is 2.11. The van der Waals surface area contributed by atoms with Gasteiger partial charge in [0.2, 0.25) is 5.91 Å². The maximum Gasteiger partial charge on any atom is 0.227 e. The van der Waals surface area contributed by atoms with Crippen molar-refractivity contribution in [1.29, 1.82) is 0 Å². The number of likely N-dealkylation sites (N-methyl/N-ethyl adjacent to an activating group) is 1.